The Bertz CT molecular complexity index is 499. The summed E-state index contributed by atoms with van der Waals surface area (Å²) in [6, 6.07) is 3.75. The Morgan fingerprint density at radius 3 is 2.80 bits per heavy atom. The summed E-state index contributed by atoms with van der Waals surface area (Å²) in [5, 5.41) is 2.70. The lowest BCUT2D eigenvalue weighted by Gasteiger charge is -2.10. The summed E-state index contributed by atoms with van der Waals surface area (Å²) in [6.45, 7) is 1.83. The molecule has 0 fully saturated rings. The number of esters is 1. The standard InChI is InChI=1S/C13H15ClFNO3S/c1-8(5-13(18)19-2)20-7-12(17)16-11-4-3-9(15)6-10(11)14/h3-4,6,8H,5,7H2,1-2H3,(H,16,17). The molecule has 1 rings (SSSR count). The highest BCUT2D eigenvalue weighted by molar-refractivity contribution is 8.00. The lowest BCUT2D eigenvalue weighted by atomic mass is 10.3. The van der Waals surface area contributed by atoms with Gasteiger partial charge in [0, 0.05) is 5.25 Å². The van der Waals surface area contributed by atoms with Crippen LogP contribution in [0.25, 0.3) is 0 Å². The van der Waals surface area contributed by atoms with Crippen LogP contribution in [0.5, 0.6) is 0 Å². The third kappa shape index (κ3) is 5.79. The van der Waals surface area contributed by atoms with Gasteiger partial charge in [0.25, 0.3) is 0 Å². The summed E-state index contributed by atoms with van der Waals surface area (Å²) >= 11 is 7.13. The zero-order valence-electron chi connectivity index (χ0n) is 11.1. The first-order valence-corrected chi connectivity index (χ1v) is 7.28. The van der Waals surface area contributed by atoms with Crippen molar-refractivity contribution in [2.75, 3.05) is 18.2 Å². The minimum absolute atomic E-state index is 0.0307. The maximum Gasteiger partial charge on any atom is 0.306 e. The van der Waals surface area contributed by atoms with E-state index < -0.39 is 5.82 Å². The molecule has 1 atom stereocenters. The summed E-state index contributed by atoms with van der Waals surface area (Å²) < 4.78 is 17.4. The van der Waals surface area contributed by atoms with Crippen molar-refractivity contribution in [3.05, 3.63) is 29.0 Å². The zero-order valence-corrected chi connectivity index (χ0v) is 12.7. The van der Waals surface area contributed by atoms with Crippen molar-refractivity contribution in [1.82, 2.24) is 0 Å². The second kappa shape index (κ2) is 8.11. The predicted octanol–water partition coefficient (Wildman–Crippen LogP) is 3.10. The Hall–Kier alpha value is -1.27. The highest BCUT2D eigenvalue weighted by atomic mass is 35.5. The molecule has 0 aliphatic rings. The first kappa shape index (κ1) is 16.8. The molecule has 1 N–H and O–H groups in total. The van der Waals surface area contributed by atoms with Gasteiger partial charge in [-0.3, -0.25) is 9.59 Å². The Morgan fingerprint density at radius 2 is 2.20 bits per heavy atom. The minimum Gasteiger partial charge on any atom is -0.469 e. The van der Waals surface area contributed by atoms with Gasteiger partial charge in [-0.2, -0.15) is 0 Å². The van der Waals surface area contributed by atoms with Gasteiger partial charge in [0.2, 0.25) is 5.91 Å². The SMILES string of the molecule is COC(=O)CC(C)SCC(=O)Nc1ccc(F)cc1Cl. The van der Waals surface area contributed by atoms with Crippen molar-refractivity contribution < 1.29 is 18.7 Å². The van der Waals surface area contributed by atoms with Crippen LogP contribution >= 0.6 is 23.4 Å². The van der Waals surface area contributed by atoms with E-state index in [-0.39, 0.29) is 34.3 Å². The van der Waals surface area contributed by atoms with E-state index in [2.05, 4.69) is 10.1 Å². The minimum atomic E-state index is -0.464. The molecule has 0 saturated carbocycles. The van der Waals surface area contributed by atoms with Crippen molar-refractivity contribution in [1.29, 1.82) is 0 Å². The Labute approximate surface area is 126 Å². The van der Waals surface area contributed by atoms with Gasteiger partial charge >= 0.3 is 5.97 Å². The normalized spacial score (nSPS) is 11.8. The second-order valence-corrected chi connectivity index (χ2v) is 5.91. The smallest absolute Gasteiger partial charge is 0.306 e. The van der Waals surface area contributed by atoms with Gasteiger partial charge in [-0.25, -0.2) is 4.39 Å². The molecule has 0 bridgehead atoms. The van der Waals surface area contributed by atoms with E-state index >= 15 is 0 Å². The van der Waals surface area contributed by atoms with E-state index in [9.17, 15) is 14.0 Å². The van der Waals surface area contributed by atoms with E-state index in [1.807, 2.05) is 6.92 Å². The molecule has 4 nitrogen and oxygen atoms in total. The molecule has 0 saturated heterocycles. The average molecular weight is 320 g/mol. The molecule has 0 aliphatic carbocycles. The van der Waals surface area contributed by atoms with Crippen LogP contribution in [-0.4, -0.2) is 30.0 Å². The van der Waals surface area contributed by atoms with E-state index in [1.165, 1.54) is 31.0 Å². The van der Waals surface area contributed by atoms with Gasteiger partial charge in [0.15, 0.2) is 0 Å². The first-order chi connectivity index (χ1) is 9.42. The van der Waals surface area contributed by atoms with Crippen LogP contribution < -0.4 is 5.32 Å². The molecule has 1 aromatic carbocycles. The van der Waals surface area contributed by atoms with Gasteiger partial charge in [-0.05, 0) is 18.2 Å². The molecule has 0 spiro atoms. The number of thioether (sulfide) groups is 1. The Morgan fingerprint density at radius 1 is 1.50 bits per heavy atom. The topological polar surface area (TPSA) is 55.4 Å². The lowest BCUT2D eigenvalue weighted by Crippen LogP contribution is -2.17. The van der Waals surface area contributed by atoms with E-state index in [0.29, 0.717) is 5.69 Å². The highest BCUT2D eigenvalue weighted by Crippen LogP contribution is 2.23. The quantitative estimate of drug-likeness (QED) is 0.819. The van der Waals surface area contributed by atoms with E-state index in [4.69, 9.17) is 11.6 Å². The van der Waals surface area contributed by atoms with Crippen molar-refractivity contribution >= 4 is 40.9 Å². The van der Waals surface area contributed by atoms with Gasteiger partial charge in [-0.15, -0.1) is 11.8 Å². The summed E-state index contributed by atoms with van der Waals surface area (Å²) in [5.41, 5.74) is 0.360. The predicted molar refractivity (Wildman–Crippen MR) is 78.6 cm³/mol. The van der Waals surface area contributed by atoms with Crippen LogP contribution in [0.15, 0.2) is 18.2 Å². The van der Waals surface area contributed by atoms with Crippen molar-refractivity contribution in [3.63, 3.8) is 0 Å². The van der Waals surface area contributed by atoms with Gasteiger partial charge in [0.05, 0.1) is 30.0 Å². The van der Waals surface area contributed by atoms with Crippen LogP contribution in [0.2, 0.25) is 5.02 Å². The molecule has 0 radical (unpaired) electrons. The molecule has 1 unspecified atom stereocenters. The zero-order chi connectivity index (χ0) is 15.1. The number of hydrogen-bond donors (Lipinski definition) is 1. The third-order valence-corrected chi connectivity index (χ3v) is 3.86. The molecule has 7 heteroatoms. The fourth-order valence-corrected chi connectivity index (χ4v) is 2.35. The third-order valence-electron chi connectivity index (χ3n) is 2.39. The summed E-state index contributed by atoms with van der Waals surface area (Å²) in [6.07, 6.45) is 0.242. The fraction of sp³-hybridized carbons (Fsp3) is 0.385. The summed E-state index contributed by atoms with van der Waals surface area (Å²) in [4.78, 5) is 22.8. The molecule has 110 valence electrons. The van der Waals surface area contributed by atoms with Crippen LogP contribution in [0.3, 0.4) is 0 Å². The molecule has 0 heterocycles. The number of amides is 1. The average Bonchev–Trinajstić information content (AvgIpc) is 2.39. The number of benzene rings is 1. The Balaban J connectivity index is 2.42. The maximum absolute atomic E-state index is 12.8. The van der Waals surface area contributed by atoms with Gasteiger partial charge in [-0.1, -0.05) is 18.5 Å². The van der Waals surface area contributed by atoms with Crippen LogP contribution in [0.4, 0.5) is 10.1 Å². The van der Waals surface area contributed by atoms with Crippen LogP contribution in [-0.2, 0) is 14.3 Å². The van der Waals surface area contributed by atoms with E-state index in [1.54, 1.807) is 0 Å². The number of nitrogens with one attached hydrogen (secondary N) is 1. The monoisotopic (exact) mass is 319 g/mol. The number of methoxy groups -OCH3 is 1. The van der Waals surface area contributed by atoms with Gasteiger partial charge < -0.3 is 10.1 Å². The highest BCUT2D eigenvalue weighted by Gasteiger charge is 2.13. The lowest BCUT2D eigenvalue weighted by molar-refractivity contribution is -0.140. The molecule has 1 amide bonds. The number of ether oxygens (including phenoxy) is 1. The number of anilines is 1. The summed E-state index contributed by atoms with van der Waals surface area (Å²) in [5.74, 6) is -0.868. The molecule has 0 aromatic heterocycles. The van der Waals surface area contributed by atoms with Gasteiger partial charge in [0.1, 0.15) is 5.82 Å². The van der Waals surface area contributed by atoms with Crippen LogP contribution in [0, 0.1) is 5.82 Å². The van der Waals surface area contributed by atoms with Crippen molar-refractivity contribution in [2.24, 2.45) is 0 Å². The van der Waals surface area contributed by atoms with Crippen molar-refractivity contribution in [3.8, 4) is 0 Å². The number of hydrogen-bond acceptors (Lipinski definition) is 4. The largest absolute Gasteiger partial charge is 0.469 e. The summed E-state index contributed by atoms with van der Waals surface area (Å²) in [7, 11) is 1.32. The molecule has 20 heavy (non-hydrogen) atoms. The number of rotatable bonds is 6. The number of carbonyl (C=O) groups is 2. The fourth-order valence-electron chi connectivity index (χ4n) is 1.37. The molecule has 1 aromatic rings. The number of halogens is 2. The van der Waals surface area contributed by atoms with Crippen molar-refractivity contribution in [2.45, 2.75) is 18.6 Å². The molecular weight excluding hydrogens is 305 g/mol. The van der Waals surface area contributed by atoms with Crippen LogP contribution in [0.1, 0.15) is 13.3 Å². The number of carbonyl (C=O) groups excluding carboxylic acids is 2. The van der Waals surface area contributed by atoms with E-state index in [0.717, 1.165) is 6.07 Å². The maximum atomic E-state index is 12.8. The molecular formula is C13H15ClFNO3S. The first-order valence-electron chi connectivity index (χ1n) is 5.85. The Kier molecular flexibility index (Phi) is 6.81. The second-order valence-electron chi connectivity index (χ2n) is 4.07. The molecule has 0 aliphatic heterocycles.